The fourth-order valence-corrected chi connectivity index (χ4v) is 3.20. The summed E-state index contributed by atoms with van der Waals surface area (Å²) in [5.74, 6) is 0.861. The van der Waals surface area contributed by atoms with Gasteiger partial charge in [0.15, 0.2) is 0 Å². The number of halogens is 1. The number of aromatic nitrogens is 1. The second kappa shape index (κ2) is 7.22. The van der Waals surface area contributed by atoms with Crippen molar-refractivity contribution in [3.63, 3.8) is 0 Å². The van der Waals surface area contributed by atoms with E-state index in [1.807, 2.05) is 12.1 Å². The number of aryl methyl sites for hydroxylation is 1. The standard InChI is InChI=1S/C15H18N2O2S.ClH/c1-10-3-4-14(18-2)11(7-10)13-9-20-15(17-13)12-8-19-6-5-16-12;/h3-4,7,9,12,16H,5-6,8H2,1-2H3;1H. The van der Waals surface area contributed by atoms with E-state index in [1.165, 1.54) is 5.56 Å². The minimum atomic E-state index is 0. The van der Waals surface area contributed by atoms with Gasteiger partial charge in [0.1, 0.15) is 10.8 Å². The predicted molar refractivity (Wildman–Crippen MR) is 87.6 cm³/mol. The molecule has 0 amide bonds. The molecule has 0 spiro atoms. The van der Waals surface area contributed by atoms with E-state index in [2.05, 4.69) is 23.7 Å². The van der Waals surface area contributed by atoms with Gasteiger partial charge in [-0.25, -0.2) is 4.98 Å². The quantitative estimate of drug-likeness (QED) is 0.940. The molecule has 1 fully saturated rings. The molecule has 4 nitrogen and oxygen atoms in total. The maximum Gasteiger partial charge on any atom is 0.128 e. The lowest BCUT2D eigenvalue weighted by Gasteiger charge is -2.21. The van der Waals surface area contributed by atoms with Crippen LogP contribution in [0.3, 0.4) is 0 Å². The first-order chi connectivity index (χ1) is 9.78. The largest absolute Gasteiger partial charge is 0.496 e. The van der Waals surface area contributed by atoms with Crippen molar-refractivity contribution in [2.75, 3.05) is 26.9 Å². The van der Waals surface area contributed by atoms with Gasteiger partial charge < -0.3 is 14.8 Å². The van der Waals surface area contributed by atoms with Gasteiger partial charge in [-0.1, -0.05) is 11.6 Å². The zero-order valence-corrected chi connectivity index (χ0v) is 13.7. The Labute approximate surface area is 134 Å². The van der Waals surface area contributed by atoms with Crippen LogP contribution < -0.4 is 10.1 Å². The molecular formula is C15H19ClN2O2S. The molecule has 6 heteroatoms. The average Bonchev–Trinajstić information content (AvgIpc) is 2.98. The molecule has 114 valence electrons. The zero-order chi connectivity index (χ0) is 13.9. The highest BCUT2D eigenvalue weighted by Gasteiger charge is 2.19. The van der Waals surface area contributed by atoms with Gasteiger partial charge in [-0.3, -0.25) is 0 Å². The first kappa shape index (κ1) is 16.2. The van der Waals surface area contributed by atoms with Crippen LogP contribution in [0.5, 0.6) is 5.75 Å². The Morgan fingerprint density at radius 2 is 2.29 bits per heavy atom. The first-order valence-corrected chi connectivity index (χ1v) is 7.57. The van der Waals surface area contributed by atoms with Crippen LogP contribution in [0.15, 0.2) is 23.6 Å². The van der Waals surface area contributed by atoms with Gasteiger partial charge >= 0.3 is 0 Å². The molecule has 2 aromatic rings. The highest BCUT2D eigenvalue weighted by atomic mass is 35.5. The predicted octanol–water partition coefficient (Wildman–Crippen LogP) is 3.21. The number of hydrogen-bond acceptors (Lipinski definition) is 5. The van der Waals surface area contributed by atoms with E-state index in [1.54, 1.807) is 18.4 Å². The molecule has 2 heterocycles. The summed E-state index contributed by atoms with van der Waals surface area (Å²) in [5, 5.41) is 6.59. The molecule has 1 N–H and O–H groups in total. The first-order valence-electron chi connectivity index (χ1n) is 6.69. The summed E-state index contributed by atoms with van der Waals surface area (Å²) >= 11 is 1.67. The van der Waals surface area contributed by atoms with E-state index in [4.69, 9.17) is 14.5 Å². The maximum atomic E-state index is 5.49. The van der Waals surface area contributed by atoms with Crippen molar-refractivity contribution in [2.45, 2.75) is 13.0 Å². The van der Waals surface area contributed by atoms with E-state index in [0.29, 0.717) is 6.61 Å². The summed E-state index contributed by atoms with van der Waals surface area (Å²) in [6.07, 6.45) is 0. The second-order valence-corrected chi connectivity index (χ2v) is 5.75. The van der Waals surface area contributed by atoms with Gasteiger partial charge in [0.2, 0.25) is 0 Å². The molecule has 0 radical (unpaired) electrons. The lowest BCUT2D eigenvalue weighted by Crippen LogP contribution is -2.34. The van der Waals surface area contributed by atoms with E-state index < -0.39 is 0 Å². The third kappa shape index (κ3) is 3.55. The van der Waals surface area contributed by atoms with Crippen LogP contribution in [-0.2, 0) is 4.74 Å². The number of morpholine rings is 1. The third-order valence-corrected chi connectivity index (χ3v) is 4.33. The van der Waals surface area contributed by atoms with Crippen LogP contribution in [-0.4, -0.2) is 31.9 Å². The number of nitrogens with zero attached hydrogens (tertiary/aromatic N) is 1. The van der Waals surface area contributed by atoms with E-state index >= 15 is 0 Å². The highest BCUT2D eigenvalue weighted by Crippen LogP contribution is 2.33. The number of thiazole rings is 1. The van der Waals surface area contributed by atoms with E-state index in [9.17, 15) is 0 Å². The molecule has 3 rings (SSSR count). The summed E-state index contributed by atoms with van der Waals surface area (Å²) in [4.78, 5) is 4.75. The minimum Gasteiger partial charge on any atom is -0.496 e. The maximum absolute atomic E-state index is 5.49. The van der Waals surface area contributed by atoms with Gasteiger partial charge in [-0.05, 0) is 19.1 Å². The van der Waals surface area contributed by atoms with E-state index in [-0.39, 0.29) is 18.4 Å². The van der Waals surface area contributed by atoms with Gasteiger partial charge in [0.05, 0.1) is 32.1 Å². The topological polar surface area (TPSA) is 43.4 Å². The Morgan fingerprint density at radius 1 is 1.43 bits per heavy atom. The molecule has 21 heavy (non-hydrogen) atoms. The Kier molecular flexibility index (Phi) is 5.58. The lowest BCUT2D eigenvalue weighted by molar-refractivity contribution is 0.0768. The molecule has 1 unspecified atom stereocenters. The molecule has 0 bridgehead atoms. The summed E-state index contributed by atoms with van der Waals surface area (Å²) in [5.41, 5.74) is 3.22. The van der Waals surface area contributed by atoms with Crippen molar-refractivity contribution in [2.24, 2.45) is 0 Å². The van der Waals surface area contributed by atoms with Crippen molar-refractivity contribution in [1.29, 1.82) is 0 Å². The zero-order valence-electron chi connectivity index (χ0n) is 12.1. The van der Waals surface area contributed by atoms with Crippen LogP contribution in [0, 0.1) is 6.92 Å². The molecule has 1 aliphatic rings. The minimum absolute atomic E-state index is 0. The van der Waals surface area contributed by atoms with Crippen molar-refractivity contribution in [1.82, 2.24) is 10.3 Å². The van der Waals surface area contributed by atoms with Crippen LogP contribution >= 0.6 is 23.7 Å². The number of benzene rings is 1. The molecule has 1 saturated heterocycles. The Bertz CT molecular complexity index is 597. The van der Waals surface area contributed by atoms with Crippen LogP contribution in [0.1, 0.15) is 16.6 Å². The van der Waals surface area contributed by atoms with Crippen LogP contribution in [0.4, 0.5) is 0 Å². The van der Waals surface area contributed by atoms with Crippen molar-refractivity contribution in [3.8, 4) is 17.0 Å². The summed E-state index contributed by atoms with van der Waals surface area (Å²) in [6, 6.07) is 6.36. The molecule has 1 aliphatic heterocycles. The number of methoxy groups -OCH3 is 1. The summed E-state index contributed by atoms with van der Waals surface area (Å²) < 4.78 is 10.9. The number of nitrogens with one attached hydrogen (secondary N) is 1. The van der Waals surface area contributed by atoms with Crippen LogP contribution in [0.25, 0.3) is 11.3 Å². The molecule has 1 atom stereocenters. The molecule has 1 aromatic carbocycles. The Hall–Kier alpha value is -1.14. The molecule has 0 aliphatic carbocycles. The van der Waals surface area contributed by atoms with Crippen molar-refractivity contribution in [3.05, 3.63) is 34.2 Å². The van der Waals surface area contributed by atoms with Gasteiger partial charge in [-0.2, -0.15) is 0 Å². The normalized spacial score (nSPS) is 18.1. The number of hydrogen-bond donors (Lipinski definition) is 1. The third-order valence-electron chi connectivity index (χ3n) is 3.37. The van der Waals surface area contributed by atoms with Gasteiger partial charge in [0, 0.05) is 17.5 Å². The molecule has 1 aromatic heterocycles. The number of ether oxygens (including phenoxy) is 2. The Balaban J connectivity index is 0.00000161. The van der Waals surface area contributed by atoms with Crippen molar-refractivity contribution >= 4 is 23.7 Å². The highest BCUT2D eigenvalue weighted by molar-refractivity contribution is 7.10. The molecule has 0 saturated carbocycles. The van der Waals surface area contributed by atoms with Gasteiger partial charge in [0.25, 0.3) is 0 Å². The molecular weight excluding hydrogens is 308 g/mol. The summed E-state index contributed by atoms with van der Waals surface area (Å²) in [6.45, 7) is 4.43. The Morgan fingerprint density at radius 3 is 3.00 bits per heavy atom. The van der Waals surface area contributed by atoms with E-state index in [0.717, 1.165) is 35.2 Å². The van der Waals surface area contributed by atoms with Crippen LogP contribution in [0.2, 0.25) is 0 Å². The lowest BCUT2D eigenvalue weighted by atomic mass is 10.1. The smallest absolute Gasteiger partial charge is 0.128 e. The second-order valence-electron chi connectivity index (χ2n) is 4.86. The fourth-order valence-electron chi connectivity index (χ4n) is 2.32. The number of rotatable bonds is 3. The monoisotopic (exact) mass is 326 g/mol. The average molecular weight is 327 g/mol. The van der Waals surface area contributed by atoms with Crippen molar-refractivity contribution < 1.29 is 9.47 Å². The fraction of sp³-hybridized carbons (Fsp3) is 0.400. The van der Waals surface area contributed by atoms with Gasteiger partial charge in [-0.15, -0.1) is 23.7 Å². The summed E-state index contributed by atoms with van der Waals surface area (Å²) in [7, 11) is 1.69. The SMILES string of the molecule is COc1ccc(C)cc1-c1csc(C2COCCN2)n1.Cl.